The molecular formula is C17H15OP. The number of rotatable bonds is 3. The van der Waals surface area contributed by atoms with Gasteiger partial charge in [-0.3, -0.25) is 0 Å². The average Bonchev–Trinajstić information content (AvgIpc) is 2.48. The van der Waals surface area contributed by atoms with E-state index in [-0.39, 0.29) is 0 Å². The summed E-state index contributed by atoms with van der Waals surface area (Å²) >= 11 is 0. The lowest BCUT2D eigenvalue weighted by molar-refractivity contribution is 0.633. The molecule has 0 aliphatic heterocycles. The molecule has 0 radical (unpaired) electrons. The molecule has 0 saturated carbocycles. The third kappa shape index (κ3) is 2.84. The van der Waals surface area contributed by atoms with E-state index in [9.17, 15) is 4.89 Å². The minimum Gasteiger partial charge on any atom is -0.369 e. The largest absolute Gasteiger partial charge is 0.369 e. The summed E-state index contributed by atoms with van der Waals surface area (Å²) in [5, 5.41) is 3.51. The van der Waals surface area contributed by atoms with Crippen molar-refractivity contribution < 1.29 is 4.89 Å². The fourth-order valence-corrected chi connectivity index (χ4v) is 3.44. The predicted octanol–water partition coefficient (Wildman–Crippen LogP) is 4.05. The summed E-state index contributed by atoms with van der Waals surface area (Å²) in [6, 6.07) is 24.6. The van der Waals surface area contributed by atoms with E-state index < -0.39 is 8.15 Å². The van der Waals surface area contributed by atoms with Crippen LogP contribution in [0.15, 0.2) is 72.8 Å². The first-order chi connectivity index (χ1) is 9.33. The van der Waals surface area contributed by atoms with E-state index >= 15 is 0 Å². The van der Waals surface area contributed by atoms with Crippen LogP contribution in [-0.2, 0) is 6.16 Å². The third-order valence-electron chi connectivity index (χ3n) is 3.20. The number of fused-ring (bicyclic) bond motifs is 1. The van der Waals surface area contributed by atoms with Crippen molar-refractivity contribution in [2.75, 3.05) is 0 Å². The number of benzene rings is 3. The summed E-state index contributed by atoms with van der Waals surface area (Å²) in [5.74, 6) is 0. The molecule has 3 aromatic rings. The molecule has 3 aromatic carbocycles. The highest BCUT2D eigenvalue weighted by Gasteiger charge is 2.08. The highest BCUT2D eigenvalue weighted by atomic mass is 31.1. The normalized spacial score (nSPS) is 12.5. The van der Waals surface area contributed by atoms with Crippen molar-refractivity contribution in [1.29, 1.82) is 0 Å². The van der Waals surface area contributed by atoms with Gasteiger partial charge in [-0.15, -0.1) is 0 Å². The molecule has 0 spiro atoms. The zero-order chi connectivity index (χ0) is 13.1. The van der Waals surface area contributed by atoms with Gasteiger partial charge in [0.25, 0.3) is 0 Å². The van der Waals surface area contributed by atoms with E-state index in [2.05, 4.69) is 30.3 Å². The number of hydrogen-bond donors (Lipinski definition) is 1. The minimum absolute atomic E-state index is 0.712. The van der Waals surface area contributed by atoms with E-state index in [0.717, 1.165) is 5.30 Å². The number of hydrogen-bond acceptors (Lipinski definition) is 1. The van der Waals surface area contributed by atoms with Crippen LogP contribution in [0.2, 0.25) is 0 Å². The van der Waals surface area contributed by atoms with E-state index in [1.807, 2.05) is 42.5 Å². The molecule has 1 N–H and O–H groups in total. The second-order valence-electron chi connectivity index (χ2n) is 4.57. The monoisotopic (exact) mass is 266 g/mol. The van der Waals surface area contributed by atoms with E-state index in [4.69, 9.17) is 0 Å². The van der Waals surface area contributed by atoms with Gasteiger partial charge in [0.1, 0.15) is 0 Å². The fraction of sp³-hybridized carbons (Fsp3) is 0.0588. The lowest BCUT2D eigenvalue weighted by Gasteiger charge is -2.11. The Hall–Kier alpha value is -1.69. The molecule has 0 aliphatic rings. The fourth-order valence-electron chi connectivity index (χ4n) is 2.20. The van der Waals surface area contributed by atoms with Gasteiger partial charge in [0, 0.05) is 11.5 Å². The topological polar surface area (TPSA) is 20.2 Å². The molecule has 0 amide bonds. The van der Waals surface area contributed by atoms with Crippen LogP contribution in [0, 0.1) is 0 Å². The van der Waals surface area contributed by atoms with Gasteiger partial charge in [0.15, 0.2) is 0 Å². The van der Waals surface area contributed by atoms with Crippen LogP contribution in [0.5, 0.6) is 0 Å². The highest BCUT2D eigenvalue weighted by Crippen LogP contribution is 2.34. The molecule has 94 valence electrons. The lowest BCUT2D eigenvalue weighted by atomic mass is 10.1. The van der Waals surface area contributed by atoms with Crippen LogP contribution in [-0.4, -0.2) is 4.89 Å². The van der Waals surface area contributed by atoms with Crippen LogP contribution in [0.3, 0.4) is 0 Å². The molecule has 2 heteroatoms. The van der Waals surface area contributed by atoms with Gasteiger partial charge < -0.3 is 4.89 Å². The maximum absolute atomic E-state index is 10.3. The van der Waals surface area contributed by atoms with Crippen molar-refractivity contribution in [2.24, 2.45) is 0 Å². The van der Waals surface area contributed by atoms with E-state index in [0.29, 0.717) is 6.16 Å². The maximum atomic E-state index is 10.3. The molecule has 3 rings (SSSR count). The van der Waals surface area contributed by atoms with Crippen molar-refractivity contribution in [1.82, 2.24) is 0 Å². The van der Waals surface area contributed by atoms with Crippen molar-refractivity contribution in [3.05, 3.63) is 78.4 Å². The summed E-state index contributed by atoms with van der Waals surface area (Å²) in [6.45, 7) is 0. The smallest absolute Gasteiger partial charge is 0.0608 e. The van der Waals surface area contributed by atoms with Crippen molar-refractivity contribution >= 4 is 24.2 Å². The quantitative estimate of drug-likeness (QED) is 0.709. The zero-order valence-electron chi connectivity index (χ0n) is 10.5. The Morgan fingerprint density at radius 3 is 2.21 bits per heavy atom. The van der Waals surface area contributed by atoms with Gasteiger partial charge in [-0.2, -0.15) is 0 Å². The Labute approximate surface area is 114 Å². The van der Waals surface area contributed by atoms with Crippen LogP contribution in [0.25, 0.3) is 10.8 Å². The minimum atomic E-state index is -1.11. The van der Waals surface area contributed by atoms with Gasteiger partial charge in [-0.05, 0) is 16.3 Å². The van der Waals surface area contributed by atoms with Crippen molar-refractivity contribution in [3.63, 3.8) is 0 Å². The molecule has 19 heavy (non-hydrogen) atoms. The highest BCUT2D eigenvalue weighted by molar-refractivity contribution is 7.59. The first kappa shape index (κ1) is 12.3. The Bertz CT molecular complexity index is 679. The standard InChI is InChI=1S/C17H15OP/c18-19(17-8-2-1-3-9-17)13-14-10-11-15-6-4-5-7-16(15)12-14/h1-12,18H,13H2. The molecule has 0 heterocycles. The predicted molar refractivity (Wildman–Crippen MR) is 82.9 cm³/mol. The van der Waals surface area contributed by atoms with Gasteiger partial charge in [0.05, 0.1) is 8.15 Å². The van der Waals surface area contributed by atoms with E-state index in [1.54, 1.807) is 0 Å². The molecule has 1 nitrogen and oxygen atoms in total. The molecule has 0 aliphatic carbocycles. The molecule has 0 bridgehead atoms. The van der Waals surface area contributed by atoms with Gasteiger partial charge in [0.2, 0.25) is 0 Å². The summed E-state index contributed by atoms with van der Waals surface area (Å²) in [5.41, 5.74) is 1.19. The first-order valence-electron chi connectivity index (χ1n) is 6.32. The van der Waals surface area contributed by atoms with Crippen molar-refractivity contribution in [3.8, 4) is 0 Å². The van der Waals surface area contributed by atoms with Gasteiger partial charge in [-0.25, -0.2) is 0 Å². The maximum Gasteiger partial charge on any atom is 0.0608 e. The van der Waals surface area contributed by atoms with Gasteiger partial charge >= 0.3 is 0 Å². The van der Waals surface area contributed by atoms with Gasteiger partial charge in [-0.1, -0.05) is 72.8 Å². The molecular weight excluding hydrogens is 251 g/mol. The molecule has 0 aromatic heterocycles. The third-order valence-corrected chi connectivity index (χ3v) is 4.76. The van der Waals surface area contributed by atoms with Crippen LogP contribution < -0.4 is 5.30 Å². The molecule has 0 fully saturated rings. The second-order valence-corrected chi connectivity index (χ2v) is 6.21. The van der Waals surface area contributed by atoms with Crippen molar-refractivity contribution in [2.45, 2.75) is 6.16 Å². The summed E-state index contributed by atoms with van der Waals surface area (Å²) < 4.78 is 0. The van der Waals surface area contributed by atoms with E-state index in [1.165, 1.54) is 16.3 Å². The summed E-state index contributed by atoms with van der Waals surface area (Å²) in [7, 11) is -1.11. The van der Waals surface area contributed by atoms with Crippen LogP contribution in [0.4, 0.5) is 0 Å². The second kappa shape index (κ2) is 5.52. The van der Waals surface area contributed by atoms with Crippen LogP contribution >= 0.6 is 8.15 Å². The Morgan fingerprint density at radius 2 is 1.42 bits per heavy atom. The van der Waals surface area contributed by atoms with Crippen LogP contribution in [0.1, 0.15) is 5.56 Å². The summed E-state index contributed by atoms with van der Waals surface area (Å²) in [6.07, 6.45) is 0.712. The lowest BCUT2D eigenvalue weighted by Crippen LogP contribution is -2.00. The molecule has 1 unspecified atom stereocenters. The molecule has 0 saturated heterocycles. The zero-order valence-corrected chi connectivity index (χ0v) is 11.4. The Kier molecular flexibility index (Phi) is 3.59. The SMILES string of the molecule is OP(Cc1ccc2ccccc2c1)c1ccccc1. The molecule has 1 atom stereocenters. The Balaban J connectivity index is 1.85. The Morgan fingerprint density at radius 1 is 0.737 bits per heavy atom. The summed E-state index contributed by atoms with van der Waals surface area (Å²) in [4.78, 5) is 10.3. The first-order valence-corrected chi connectivity index (χ1v) is 7.80. The average molecular weight is 266 g/mol.